The van der Waals surface area contributed by atoms with E-state index >= 15 is 0 Å². The van der Waals surface area contributed by atoms with Gasteiger partial charge in [0.15, 0.2) is 0 Å². The highest BCUT2D eigenvalue weighted by Gasteiger charge is 2.47. The Labute approximate surface area is 205 Å². The second-order valence-electron chi connectivity index (χ2n) is 7.43. The fourth-order valence-electron chi connectivity index (χ4n) is 3.88. The van der Waals surface area contributed by atoms with Crippen LogP contribution in [-0.2, 0) is 9.59 Å². The minimum absolute atomic E-state index is 0.0657. The molecule has 0 aromatic heterocycles. The van der Waals surface area contributed by atoms with Crippen LogP contribution in [0.2, 0.25) is 10.0 Å². The Morgan fingerprint density at radius 1 is 0.912 bits per heavy atom. The molecule has 9 heteroatoms. The van der Waals surface area contributed by atoms with E-state index in [4.69, 9.17) is 32.7 Å². The molecule has 34 heavy (non-hydrogen) atoms. The largest absolute Gasteiger partial charge is 0.508 e. The number of phenolic OH excluding ortho intramolecular Hbond substituents is 1. The summed E-state index contributed by atoms with van der Waals surface area (Å²) in [6.45, 7) is 0. The van der Waals surface area contributed by atoms with E-state index in [1.807, 2.05) is 0 Å². The first-order valence-electron chi connectivity index (χ1n) is 10.0. The normalized spacial score (nSPS) is 17.2. The van der Waals surface area contributed by atoms with E-state index in [1.165, 1.54) is 55.5 Å². The molecule has 1 saturated heterocycles. The van der Waals surface area contributed by atoms with Crippen LogP contribution in [-0.4, -0.2) is 36.1 Å². The molecule has 1 heterocycles. The highest BCUT2D eigenvalue weighted by molar-refractivity contribution is 6.52. The maximum atomic E-state index is 13.2. The molecular formula is C25H19Cl2NO6. The van der Waals surface area contributed by atoms with Crippen molar-refractivity contribution in [3.63, 3.8) is 0 Å². The number of ether oxygens (including phenoxy) is 2. The number of rotatable bonds is 5. The number of hydrogen-bond donors (Lipinski definition) is 2. The van der Waals surface area contributed by atoms with Gasteiger partial charge in [-0.3, -0.25) is 14.5 Å². The number of benzene rings is 3. The first-order valence-corrected chi connectivity index (χ1v) is 10.8. The monoisotopic (exact) mass is 499 g/mol. The van der Waals surface area contributed by atoms with E-state index in [0.717, 1.165) is 0 Å². The highest BCUT2D eigenvalue weighted by atomic mass is 35.5. The molecule has 1 unspecified atom stereocenters. The quantitative estimate of drug-likeness (QED) is 0.279. The summed E-state index contributed by atoms with van der Waals surface area (Å²) in [7, 11) is 2.88. The smallest absolute Gasteiger partial charge is 0.300 e. The summed E-state index contributed by atoms with van der Waals surface area (Å²) >= 11 is 12.4. The van der Waals surface area contributed by atoms with Crippen molar-refractivity contribution in [3.05, 3.63) is 87.4 Å². The third-order valence-electron chi connectivity index (χ3n) is 5.47. The second kappa shape index (κ2) is 9.29. The molecule has 3 aromatic carbocycles. The van der Waals surface area contributed by atoms with Crippen molar-refractivity contribution in [2.24, 2.45) is 0 Å². The fourth-order valence-corrected chi connectivity index (χ4v) is 4.32. The standard InChI is InChI=1S/C25H19Cl2NO6/c1-33-19-9-7-15(12-18(19)27)28-22(13-4-3-5-16(29)10-13)21(24(31)25(28)32)23(30)14-6-8-17(26)20(11-14)34-2/h3-12,22,29-30H,1-2H3/b23-21+. The topological polar surface area (TPSA) is 96.3 Å². The maximum Gasteiger partial charge on any atom is 0.300 e. The van der Waals surface area contributed by atoms with Crippen LogP contribution in [0.15, 0.2) is 66.2 Å². The number of halogens is 2. The fraction of sp³-hybridized carbons (Fsp3) is 0.120. The van der Waals surface area contributed by atoms with Gasteiger partial charge in [-0.25, -0.2) is 0 Å². The Morgan fingerprint density at radius 2 is 1.65 bits per heavy atom. The first-order chi connectivity index (χ1) is 16.3. The number of carbonyl (C=O) groups is 2. The van der Waals surface area contributed by atoms with Gasteiger partial charge in [-0.2, -0.15) is 0 Å². The average Bonchev–Trinajstić information content (AvgIpc) is 3.09. The number of carbonyl (C=O) groups excluding carboxylic acids is 2. The number of methoxy groups -OCH3 is 2. The molecule has 0 aliphatic carbocycles. The number of amides is 1. The molecule has 0 spiro atoms. The molecule has 0 saturated carbocycles. The number of aliphatic hydroxyl groups is 1. The molecule has 2 N–H and O–H groups in total. The molecule has 3 aromatic rings. The molecule has 4 rings (SSSR count). The number of ketones is 1. The lowest BCUT2D eigenvalue weighted by Gasteiger charge is -2.26. The van der Waals surface area contributed by atoms with Gasteiger partial charge < -0.3 is 19.7 Å². The zero-order chi connectivity index (χ0) is 24.6. The van der Waals surface area contributed by atoms with E-state index in [9.17, 15) is 19.8 Å². The molecule has 7 nitrogen and oxygen atoms in total. The number of aromatic hydroxyl groups is 1. The summed E-state index contributed by atoms with van der Waals surface area (Å²) < 4.78 is 10.4. The third-order valence-corrected chi connectivity index (χ3v) is 6.08. The number of Topliss-reactive ketones (excluding diaryl/α,β-unsaturated/α-hetero) is 1. The van der Waals surface area contributed by atoms with Crippen molar-refractivity contribution in [2.75, 3.05) is 19.1 Å². The first kappa shape index (κ1) is 23.5. The van der Waals surface area contributed by atoms with Crippen molar-refractivity contribution >= 4 is 46.3 Å². The van der Waals surface area contributed by atoms with Gasteiger partial charge in [0.1, 0.15) is 23.0 Å². The number of aliphatic hydroxyl groups excluding tert-OH is 1. The zero-order valence-electron chi connectivity index (χ0n) is 18.1. The summed E-state index contributed by atoms with van der Waals surface area (Å²) in [6, 6.07) is 14.2. The van der Waals surface area contributed by atoms with Gasteiger partial charge in [-0.15, -0.1) is 0 Å². The van der Waals surface area contributed by atoms with Gasteiger partial charge in [-0.1, -0.05) is 35.3 Å². The van der Waals surface area contributed by atoms with Gasteiger partial charge in [0.2, 0.25) is 0 Å². The Kier molecular flexibility index (Phi) is 6.41. The van der Waals surface area contributed by atoms with Crippen LogP contribution in [0.3, 0.4) is 0 Å². The van der Waals surface area contributed by atoms with Gasteiger partial charge in [-0.05, 0) is 54.1 Å². The third kappa shape index (κ3) is 4.04. The van der Waals surface area contributed by atoms with E-state index in [0.29, 0.717) is 22.0 Å². The van der Waals surface area contributed by atoms with E-state index in [2.05, 4.69) is 0 Å². The predicted octanol–water partition coefficient (Wildman–Crippen LogP) is 5.34. The van der Waals surface area contributed by atoms with E-state index in [1.54, 1.807) is 24.3 Å². The van der Waals surface area contributed by atoms with Gasteiger partial charge in [0, 0.05) is 11.3 Å². The van der Waals surface area contributed by atoms with Crippen molar-refractivity contribution in [1.82, 2.24) is 0 Å². The Morgan fingerprint density at radius 3 is 2.29 bits per heavy atom. The Hall–Kier alpha value is -3.68. The van der Waals surface area contributed by atoms with Crippen molar-refractivity contribution in [2.45, 2.75) is 6.04 Å². The van der Waals surface area contributed by atoms with Crippen LogP contribution in [0.25, 0.3) is 5.76 Å². The minimum atomic E-state index is -1.04. The molecule has 1 aliphatic rings. The van der Waals surface area contributed by atoms with Crippen LogP contribution in [0.4, 0.5) is 5.69 Å². The Bertz CT molecular complexity index is 1340. The molecule has 0 bridgehead atoms. The number of phenols is 1. The van der Waals surface area contributed by atoms with Gasteiger partial charge in [0.05, 0.1) is 35.9 Å². The van der Waals surface area contributed by atoms with Crippen molar-refractivity contribution in [3.8, 4) is 17.2 Å². The summed E-state index contributed by atoms with van der Waals surface area (Å²) in [5.41, 5.74) is 0.798. The van der Waals surface area contributed by atoms with E-state index < -0.39 is 23.5 Å². The van der Waals surface area contributed by atoms with Crippen LogP contribution in [0.1, 0.15) is 17.2 Å². The van der Waals surface area contributed by atoms with Crippen molar-refractivity contribution in [1.29, 1.82) is 0 Å². The zero-order valence-corrected chi connectivity index (χ0v) is 19.6. The van der Waals surface area contributed by atoms with Gasteiger partial charge in [0.25, 0.3) is 11.7 Å². The second-order valence-corrected chi connectivity index (χ2v) is 8.25. The molecule has 0 radical (unpaired) electrons. The lowest BCUT2D eigenvalue weighted by molar-refractivity contribution is -0.132. The highest BCUT2D eigenvalue weighted by Crippen LogP contribution is 2.44. The lowest BCUT2D eigenvalue weighted by Crippen LogP contribution is -2.29. The number of nitrogens with zero attached hydrogens (tertiary/aromatic N) is 1. The molecule has 1 aliphatic heterocycles. The Balaban J connectivity index is 1.95. The van der Waals surface area contributed by atoms with Crippen LogP contribution >= 0.6 is 23.2 Å². The summed E-state index contributed by atoms with van der Waals surface area (Å²) in [6.07, 6.45) is 0. The van der Waals surface area contributed by atoms with Crippen LogP contribution in [0, 0.1) is 0 Å². The van der Waals surface area contributed by atoms with Crippen LogP contribution < -0.4 is 14.4 Å². The molecular weight excluding hydrogens is 481 g/mol. The molecule has 1 amide bonds. The van der Waals surface area contributed by atoms with Crippen molar-refractivity contribution < 1.29 is 29.3 Å². The summed E-state index contributed by atoms with van der Waals surface area (Å²) in [5.74, 6) is -1.56. The van der Waals surface area contributed by atoms with E-state index in [-0.39, 0.29) is 27.7 Å². The number of anilines is 1. The van der Waals surface area contributed by atoms with Gasteiger partial charge >= 0.3 is 0 Å². The molecule has 1 fully saturated rings. The number of hydrogen-bond acceptors (Lipinski definition) is 6. The predicted molar refractivity (Wildman–Crippen MR) is 129 cm³/mol. The molecule has 1 atom stereocenters. The van der Waals surface area contributed by atoms with Crippen LogP contribution in [0.5, 0.6) is 17.2 Å². The SMILES string of the molecule is COc1ccc(N2C(=O)C(=O)/C(=C(/O)c3ccc(Cl)c(OC)c3)C2c2cccc(O)c2)cc1Cl. The minimum Gasteiger partial charge on any atom is -0.508 e. The summed E-state index contributed by atoms with van der Waals surface area (Å²) in [5, 5.41) is 21.8. The maximum absolute atomic E-state index is 13.2. The lowest BCUT2D eigenvalue weighted by atomic mass is 9.95. The summed E-state index contributed by atoms with van der Waals surface area (Å²) in [4.78, 5) is 27.7. The molecule has 174 valence electrons. The average molecular weight is 500 g/mol.